The van der Waals surface area contributed by atoms with Gasteiger partial charge >= 0.3 is 0 Å². The minimum Gasteiger partial charge on any atom is -0.504 e. The molecule has 2 amide bonds. The van der Waals surface area contributed by atoms with Crippen molar-refractivity contribution < 1.29 is 19.4 Å². The summed E-state index contributed by atoms with van der Waals surface area (Å²) < 4.78 is 5.02. The zero-order valence-electron chi connectivity index (χ0n) is 20.6. The lowest BCUT2D eigenvalue weighted by Crippen LogP contribution is -2.32. The molecule has 0 saturated heterocycles. The van der Waals surface area contributed by atoms with Crippen LogP contribution in [0.25, 0.3) is 6.08 Å². The number of carbonyl (C=O) groups excluding carboxylic acids is 2. The van der Waals surface area contributed by atoms with E-state index in [0.29, 0.717) is 16.9 Å². The fourth-order valence-corrected chi connectivity index (χ4v) is 3.49. The van der Waals surface area contributed by atoms with Gasteiger partial charge in [0.15, 0.2) is 11.5 Å². The Morgan fingerprint density at radius 2 is 1.64 bits per heavy atom. The number of benzene rings is 3. The number of rotatable bonds is 10. The van der Waals surface area contributed by atoms with Gasteiger partial charge in [0.1, 0.15) is 5.70 Å². The summed E-state index contributed by atoms with van der Waals surface area (Å²) in [4.78, 5) is 27.9. The first kappa shape index (κ1) is 26.0. The van der Waals surface area contributed by atoms with Gasteiger partial charge in [-0.15, -0.1) is 0 Å². The lowest BCUT2D eigenvalue weighted by atomic mass is 10.1. The Bertz CT molecular complexity index is 1230. The molecule has 0 aliphatic heterocycles. The summed E-state index contributed by atoms with van der Waals surface area (Å²) in [5, 5.41) is 16.6. The van der Waals surface area contributed by atoms with Gasteiger partial charge in [0.05, 0.1) is 13.3 Å². The van der Waals surface area contributed by atoms with Gasteiger partial charge in [-0.25, -0.2) is 5.43 Å². The molecule has 0 saturated carbocycles. The van der Waals surface area contributed by atoms with E-state index in [2.05, 4.69) is 34.6 Å². The number of hydrazone groups is 1. The lowest BCUT2D eigenvalue weighted by molar-refractivity contribution is -0.117. The summed E-state index contributed by atoms with van der Waals surface area (Å²) in [7, 11) is 1.46. The van der Waals surface area contributed by atoms with Crippen molar-refractivity contribution in [2.45, 2.75) is 13.8 Å². The van der Waals surface area contributed by atoms with Crippen LogP contribution in [0.5, 0.6) is 11.5 Å². The number of aromatic hydroxyl groups is 1. The zero-order chi connectivity index (χ0) is 25.9. The molecular formula is C28H30N4O4. The Kier molecular flexibility index (Phi) is 9.22. The molecule has 8 heteroatoms. The quantitative estimate of drug-likeness (QED) is 0.227. The van der Waals surface area contributed by atoms with Crippen molar-refractivity contribution in [3.8, 4) is 11.5 Å². The van der Waals surface area contributed by atoms with E-state index in [0.717, 1.165) is 24.3 Å². The van der Waals surface area contributed by atoms with Crippen LogP contribution >= 0.6 is 0 Å². The van der Waals surface area contributed by atoms with E-state index in [1.807, 2.05) is 30.3 Å². The second kappa shape index (κ2) is 12.8. The average Bonchev–Trinajstić information content (AvgIpc) is 2.90. The number of ether oxygens (including phenoxy) is 1. The predicted molar refractivity (Wildman–Crippen MR) is 142 cm³/mol. The summed E-state index contributed by atoms with van der Waals surface area (Å²) in [6.07, 6.45) is 2.98. The molecule has 3 rings (SSSR count). The number of hydrogen-bond donors (Lipinski definition) is 3. The summed E-state index contributed by atoms with van der Waals surface area (Å²) in [6, 6.07) is 21.1. The van der Waals surface area contributed by atoms with Gasteiger partial charge in [-0.1, -0.05) is 30.3 Å². The van der Waals surface area contributed by atoms with Gasteiger partial charge in [0.25, 0.3) is 11.8 Å². The third-order valence-corrected chi connectivity index (χ3v) is 5.44. The first-order valence-electron chi connectivity index (χ1n) is 11.6. The Labute approximate surface area is 210 Å². The maximum absolute atomic E-state index is 13.0. The number of hydrogen-bond acceptors (Lipinski definition) is 6. The van der Waals surface area contributed by atoms with Crippen LogP contribution in [0, 0.1) is 0 Å². The van der Waals surface area contributed by atoms with Gasteiger partial charge in [-0.2, -0.15) is 5.10 Å². The van der Waals surface area contributed by atoms with Crippen LogP contribution in [0.3, 0.4) is 0 Å². The number of anilines is 1. The molecule has 0 aromatic heterocycles. The van der Waals surface area contributed by atoms with Crippen molar-refractivity contribution in [1.29, 1.82) is 0 Å². The fraction of sp³-hybridized carbons (Fsp3) is 0.179. The second-order valence-corrected chi connectivity index (χ2v) is 7.77. The topological polar surface area (TPSA) is 103 Å². The molecule has 0 aliphatic carbocycles. The summed E-state index contributed by atoms with van der Waals surface area (Å²) in [6.45, 7) is 5.95. The fourth-order valence-electron chi connectivity index (χ4n) is 3.49. The van der Waals surface area contributed by atoms with E-state index in [9.17, 15) is 14.7 Å². The van der Waals surface area contributed by atoms with Crippen molar-refractivity contribution in [1.82, 2.24) is 10.7 Å². The smallest absolute Gasteiger partial charge is 0.287 e. The van der Waals surface area contributed by atoms with Crippen molar-refractivity contribution in [2.24, 2.45) is 5.10 Å². The van der Waals surface area contributed by atoms with Gasteiger partial charge in [-0.3, -0.25) is 9.59 Å². The molecule has 3 aromatic rings. The van der Waals surface area contributed by atoms with Gasteiger partial charge in [-0.05, 0) is 73.5 Å². The number of carbonyl (C=O) groups is 2. The molecule has 0 atom stereocenters. The average molecular weight is 487 g/mol. The van der Waals surface area contributed by atoms with E-state index in [-0.39, 0.29) is 11.4 Å². The zero-order valence-corrected chi connectivity index (χ0v) is 20.6. The summed E-state index contributed by atoms with van der Waals surface area (Å²) >= 11 is 0. The van der Waals surface area contributed by atoms with Crippen molar-refractivity contribution in [3.05, 3.63) is 95.2 Å². The molecule has 3 N–H and O–H groups in total. The van der Waals surface area contributed by atoms with Crippen molar-refractivity contribution in [2.75, 3.05) is 25.1 Å². The maximum atomic E-state index is 13.0. The summed E-state index contributed by atoms with van der Waals surface area (Å²) in [5.74, 6) is -0.726. The molecule has 186 valence electrons. The Morgan fingerprint density at radius 3 is 2.25 bits per heavy atom. The van der Waals surface area contributed by atoms with Crippen molar-refractivity contribution >= 4 is 29.8 Å². The van der Waals surface area contributed by atoms with Crippen LogP contribution in [0.15, 0.2) is 83.6 Å². The maximum Gasteiger partial charge on any atom is 0.287 e. The predicted octanol–water partition coefficient (Wildman–Crippen LogP) is 4.17. The van der Waals surface area contributed by atoms with Gasteiger partial charge in [0, 0.05) is 24.3 Å². The van der Waals surface area contributed by atoms with Gasteiger partial charge in [0.2, 0.25) is 0 Å². The third kappa shape index (κ3) is 6.96. The van der Waals surface area contributed by atoms with E-state index >= 15 is 0 Å². The SMILES string of the molecule is CCN(CC)c1ccc(C=C(NC(=O)c2ccccc2)C(=O)NN=Cc2ccc(OC)c(O)c2)cc1. The lowest BCUT2D eigenvalue weighted by Gasteiger charge is -2.20. The van der Waals surface area contributed by atoms with Crippen LogP contribution in [0.1, 0.15) is 35.3 Å². The van der Waals surface area contributed by atoms with Crippen LogP contribution in [0.2, 0.25) is 0 Å². The molecule has 36 heavy (non-hydrogen) atoms. The minimum absolute atomic E-state index is 0.0363. The number of nitrogens with zero attached hydrogens (tertiary/aromatic N) is 2. The number of phenolic OH excluding ortho intramolecular Hbond substituents is 1. The van der Waals surface area contributed by atoms with Crippen LogP contribution in [-0.2, 0) is 4.79 Å². The highest BCUT2D eigenvalue weighted by atomic mass is 16.5. The first-order chi connectivity index (χ1) is 17.4. The molecule has 8 nitrogen and oxygen atoms in total. The highest BCUT2D eigenvalue weighted by Gasteiger charge is 2.14. The first-order valence-corrected chi connectivity index (χ1v) is 11.6. The van der Waals surface area contributed by atoms with E-state index < -0.39 is 11.8 Å². The molecule has 0 fully saturated rings. The second-order valence-electron chi connectivity index (χ2n) is 7.77. The van der Waals surface area contributed by atoms with E-state index in [1.165, 1.54) is 19.4 Å². The minimum atomic E-state index is -0.596. The standard InChI is InChI=1S/C28H30N4O4/c1-4-32(5-2)23-14-11-20(12-15-23)17-24(30-27(34)22-9-7-6-8-10-22)28(35)31-29-19-21-13-16-26(36-3)25(33)18-21/h6-19,33H,4-5H2,1-3H3,(H,30,34)(H,31,35). The van der Waals surface area contributed by atoms with Crippen LogP contribution < -0.4 is 20.4 Å². The largest absolute Gasteiger partial charge is 0.504 e. The van der Waals surface area contributed by atoms with Crippen LogP contribution in [0.4, 0.5) is 5.69 Å². The monoisotopic (exact) mass is 486 g/mol. The molecule has 0 heterocycles. The Morgan fingerprint density at radius 1 is 0.972 bits per heavy atom. The highest BCUT2D eigenvalue weighted by molar-refractivity contribution is 6.05. The molecule has 0 bridgehead atoms. The Balaban J connectivity index is 1.81. The van der Waals surface area contributed by atoms with Crippen LogP contribution in [-0.4, -0.2) is 43.3 Å². The van der Waals surface area contributed by atoms with Crippen molar-refractivity contribution in [3.63, 3.8) is 0 Å². The molecule has 0 radical (unpaired) electrons. The third-order valence-electron chi connectivity index (χ3n) is 5.44. The number of amides is 2. The number of methoxy groups -OCH3 is 1. The molecule has 0 spiro atoms. The normalized spacial score (nSPS) is 11.2. The molecule has 0 aliphatic rings. The van der Waals surface area contributed by atoms with E-state index in [4.69, 9.17) is 4.74 Å². The van der Waals surface area contributed by atoms with Gasteiger partial charge < -0.3 is 20.1 Å². The number of phenols is 1. The molecular weight excluding hydrogens is 456 g/mol. The highest BCUT2D eigenvalue weighted by Crippen LogP contribution is 2.25. The summed E-state index contributed by atoms with van der Waals surface area (Å²) in [5.41, 5.74) is 5.26. The molecule has 0 unspecified atom stereocenters. The molecule has 3 aromatic carbocycles. The Hall–Kier alpha value is -4.59. The number of nitrogens with one attached hydrogen (secondary N) is 2. The van der Waals surface area contributed by atoms with E-state index in [1.54, 1.807) is 42.5 Å².